The van der Waals surface area contributed by atoms with Crippen LogP contribution in [0.25, 0.3) is 0 Å². The smallest absolute Gasteiger partial charge is 0.389 e. The Kier molecular flexibility index (Phi) is 4.85. The monoisotopic (exact) mass is 307 g/mol. The number of aliphatic hydroxyl groups is 1. The minimum absolute atomic E-state index is 0.0103. The number of likely N-dealkylation sites (tertiary alicyclic amines) is 1. The van der Waals surface area contributed by atoms with Crippen LogP contribution in [-0.2, 0) is 17.5 Å². The molecule has 0 amide bonds. The summed E-state index contributed by atoms with van der Waals surface area (Å²) in [5.41, 5.74) is -0.908. The van der Waals surface area contributed by atoms with Crippen LogP contribution in [-0.4, -0.2) is 41.9 Å². The van der Waals surface area contributed by atoms with Crippen LogP contribution in [0.1, 0.15) is 18.1 Å². The third kappa shape index (κ3) is 3.93. The standard InChI is InChI=1S/C14H17F4NO2/c1-2-21-13-8-19(7-12(13)20)6-9-5-10(14(16,17)18)3-4-11(9)15/h3-5,12-13,20H,2,6-8H2,1H3/t12-,13-/m1/s1. The van der Waals surface area contributed by atoms with Gasteiger partial charge in [-0.05, 0) is 25.1 Å². The molecule has 21 heavy (non-hydrogen) atoms. The van der Waals surface area contributed by atoms with E-state index < -0.39 is 23.7 Å². The molecule has 7 heteroatoms. The Morgan fingerprint density at radius 1 is 1.33 bits per heavy atom. The lowest BCUT2D eigenvalue weighted by Crippen LogP contribution is -2.26. The van der Waals surface area contributed by atoms with Crippen LogP contribution in [0.5, 0.6) is 0 Å². The van der Waals surface area contributed by atoms with Gasteiger partial charge in [-0.1, -0.05) is 0 Å². The van der Waals surface area contributed by atoms with Crippen molar-refractivity contribution in [2.75, 3.05) is 19.7 Å². The summed E-state index contributed by atoms with van der Waals surface area (Å²) in [6.07, 6.45) is -5.59. The normalized spacial score (nSPS) is 23.7. The number of rotatable bonds is 4. The minimum atomic E-state index is -4.50. The Morgan fingerprint density at radius 3 is 2.67 bits per heavy atom. The van der Waals surface area contributed by atoms with E-state index >= 15 is 0 Å². The quantitative estimate of drug-likeness (QED) is 0.867. The summed E-state index contributed by atoms with van der Waals surface area (Å²) in [4.78, 5) is 1.68. The number of ether oxygens (including phenoxy) is 1. The number of alkyl halides is 3. The Labute approximate surface area is 120 Å². The fourth-order valence-electron chi connectivity index (χ4n) is 2.45. The predicted molar refractivity (Wildman–Crippen MR) is 68.1 cm³/mol. The highest BCUT2D eigenvalue weighted by atomic mass is 19.4. The number of aliphatic hydroxyl groups excluding tert-OH is 1. The lowest BCUT2D eigenvalue weighted by molar-refractivity contribution is -0.137. The average molecular weight is 307 g/mol. The maximum absolute atomic E-state index is 13.7. The van der Waals surface area contributed by atoms with Gasteiger partial charge in [0.15, 0.2) is 0 Å². The molecule has 1 aromatic carbocycles. The zero-order valence-corrected chi connectivity index (χ0v) is 11.5. The Balaban J connectivity index is 2.10. The molecule has 0 radical (unpaired) electrons. The van der Waals surface area contributed by atoms with Gasteiger partial charge in [0.05, 0.1) is 17.8 Å². The van der Waals surface area contributed by atoms with Crippen molar-refractivity contribution in [1.29, 1.82) is 0 Å². The number of benzene rings is 1. The van der Waals surface area contributed by atoms with Gasteiger partial charge in [-0.2, -0.15) is 13.2 Å². The molecular weight excluding hydrogens is 290 g/mol. The number of β-amino-alcohol motifs (C(OH)–C–C–N with tert-alkyl or cyclic N) is 1. The number of hydrogen-bond donors (Lipinski definition) is 1. The first-order valence-electron chi connectivity index (χ1n) is 6.69. The van der Waals surface area contributed by atoms with E-state index in [0.717, 1.165) is 18.2 Å². The van der Waals surface area contributed by atoms with Crippen LogP contribution >= 0.6 is 0 Å². The van der Waals surface area contributed by atoms with Gasteiger partial charge < -0.3 is 9.84 Å². The molecule has 3 nitrogen and oxygen atoms in total. The molecule has 1 aliphatic heterocycles. The van der Waals surface area contributed by atoms with Gasteiger partial charge in [-0.3, -0.25) is 4.90 Å². The van der Waals surface area contributed by atoms with Gasteiger partial charge in [-0.15, -0.1) is 0 Å². The molecular formula is C14H17F4NO2. The van der Waals surface area contributed by atoms with Crippen molar-refractivity contribution in [1.82, 2.24) is 4.90 Å². The summed E-state index contributed by atoms with van der Waals surface area (Å²) in [7, 11) is 0. The number of hydrogen-bond acceptors (Lipinski definition) is 3. The van der Waals surface area contributed by atoms with Crippen LogP contribution in [0, 0.1) is 5.82 Å². The zero-order valence-electron chi connectivity index (χ0n) is 11.5. The van der Waals surface area contributed by atoms with Crippen LogP contribution in [0.3, 0.4) is 0 Å². The molecule has 0 aromatic heterocycles. The maximum Gasteiger partial charge on any atom is 0.416 e. The lowest BCUT2D eigenvalue weighted by atomic mass is 10.1. The summed E-state index contributed by atoms with van der Waals surface area (Å²) in [5, 5.41) is 9.78. The van der Waals surface area contributed by atoms with Gasteiger partial charge in [0.25, 0.3) is 0 Å². The van der Waals surface area contributed by atoms with E-state index in [4.69, 9.17) is 4.74 Å². The highest BCUT2D eigenvalue weighted by Gasteiger charge is 2.34. The molecule has 1 aliphatic rings. The summed E-state index contributed by atoms with van der Waals surface area (Å²) in [5.74, 6) is -0.683. The first-order chi connectivity index (χ1) is 9.81. The first-order valence-corrected chi connectivity index (χ1v) is 6.69. The van der Waals surface area contributed by atoms with E-state index in [1.54, 1.807) is 11.8 Å². The zero-order chi connectivity index (χ0) is 15.6. The van der Waals surface area contributed by atoms with Crippen molar-refractivity contribution in [3.8, 4) is 0 Å². The highest BCUT2D eigenvalue weighted by molar-refractivity contribution is 5.27. The topological polar surface area (TPSA) is 32.7 Å². The van der Waals surface area contributed by atoms with Crippen molar-refractivity contribution < 1.29 is 27.4 Å². The maximum atomic E-state index is 13.7. The fraction of sp³-hybridized carbons (Fsp3) is 0.571. The van der Waals surface area contributed by atoms with E-state index in [-0.39, 0.29) is 24.8 Å². The van der Waals surface area contributed by atoms with E-state index in [0.29, 0.717) is 13.2 Å². The molecule has 1 aromatic rings. The van der Waals surface area contributed by atoms with Gasteiger partial charge in [0.2, 0.25) is 0 Å². The molecule has 0 saturated carbocycles. The predicted octanol–water partition coefficient (Wildman–Crippen LogP) is 2.43. The summed E-state index contributed by atoms with van der Waals surface area (Å²) < 4.78 is 56.9. The molecule has 0 aliphatic carbocycles. The van der Waals surface area contributed by atoms with Crippen molar-refractivity contribution in [2.45, 2.75) is 31.9 Å². The van der Waals surface area contributed by atoms with Gasteiger partial charge >= 0.3 is 6.18 Å². The van der Waals surface area contributed by atoms with E-state index in [1.807, 2.05) is 0 Å². The third-order valence-corrected chi connectivity index (χ3v) is 3.46. The second-order valence-corrected chi connectivity index (χ2v) is 5.06. The minimum Gasteiger partial charge on any atom is -0.389 e. The SMILES string of the molecule is CCO[C@@H]1CN(Cc2cc(C(F)(F)F)ccc2F)C[C@H]1O. The molecule has 1 N–H and O–H groups in total. The molecule has 1 heterocycles. The highest BCUT2D eigenvalue weighted by Crippen LogP contribution is 2.31. The molecule has 0 spiro atoms. The van der Waals surface area contributed by atoms with Gasteiger partial charge in [0, 0.05) is 31.8 Å². The largest absolute Gasteiger partial charge is 0.416 e. The number of nitrogens with zero attached hydrogens (tertiary/aromatic N) is 1. The van der Waals surface area contributed by atoms with E-state index in [1.165, 1.54) is 0 Å². The van der Waals surface area contributed by atoms with Crippen LogP contribution < -0.4 is 0 Å². The average Bonchev–Trinajstić information content (AvgIpc) is 2.72. The second-order valence-electron chi connectivity index (χ2n) is 5.06. The van der Waals surface area contributed by atoms with Crippen molar-refractivity contribution >= 4 is 0 Å². The Morgan fingerprint density at radius 2 is 2.05 bits per heavy atom. The summed E-state index contributed by atoms with van der Waals surface area (Å²) in [6.45, 7) is 2.86. The van der Waals surface area contributed by atoms with Crippen LogP contribution in [0.4, 0.5) is 17.6 Å². The molecule has 1 fully saturated rings. The molecule has 2 rings (SSSR count). The molecule has 1 saturated heterocycles. The molecule has 2 atom stereocenters. The van der Waals surface area contributed by atoms with Crippen molar-refractivity contribution in [3.63, 3.8) is 0 Å². The number of halogens is 4. The van der Waals surface area contributed by atoms with E-state index in [9.17, 15) is 22.7 Å². The van der Waals surface area contributed by atoms with Crippen molar-refractivity contribution in [2.24, 2.45) is 0 Å². The summed E-state index contributed by atoms with van der Waals surface area (Å²) >= 11 is 0. The Bertz CT molecular complexity index is 492. The fourth-order valence-corrected chi connectivity index (χ4v) is 2.45. The first kappa shape index (κ1) is 16.2. The van der Waals surface area contributed by atoms with Gasteiger partial charge in [0.1, 0.15) is 5.82 Å². The second kappa shape index (κ2) is 6.29. The van der Waals surface area contributed by atoms with Crippen molar-refractivity contribution in [3.05, 3.63) is 35.1 Å². The molecule has 0 bridgehead atoms. The lowest BCUT2D eigenvalue weighted by Gasteiger charge is -2.17. The van der Waals surface area contributed by atoms with E-state index in [2.05, 4.69) is 0 Å². The Hall–Kier alpha value is -1.18. The molecule has 0 unspecified atom stereocenters. The molecule has 118 valence electrons. The third-order valence-electron chi connectivity index (χ3n) is 3.46. The van der Waals surface area contributed by atoms with Crippen LogP contribution in [0.2, 0.25) is 0 Å². The van der Waals surface area contributed by atoms with Gasteiger partial charge in [-0.25, -0.2) is 4.39 Å². The van der Waals surface area contributed by atoms with Crippen LogP contribution in [0.15, 0.2) is 18.2 Å². The summed E-state index contributed by atoms with van der Waals surface area (Å²) in [6, 6.07) is 2.36.